The molecule has 1 aromatic rings. The Kier molecular flexibility index (Phi) is 4.25. The lowest BCUT2D eigenvalue weighted by molar-refractivity contribution is -0.141. The van der Waals surface area contributed by atoms with Crippen LogP contribution in [0.25, 0.3) is 0 Å². The van der Waals surface area contributed by atoms with Gasteiger partial charge in [0.1, 0.15) is 11.7 Å². The number of hydrogen-bond donors (Lipinski definition) is 0. The van der Waals surface area contributed by atoms with E-state index in [0.717, 1.165) is 0 Å². The van der Waals surface area contributed by atoms with Crippen molar-refractivity contribution in [2.45, 2.75) is 0 Å². The number of nitrogens with zero attached hydrogens (tertiary/aromatic N) is 2. The zero-order valence-corrected chi connectivity index (χ0v) is 9.69. The average Bonchev–Trinajstić information content (AvgIpc) is 2.28. The van der Waals surface area contributed by atoms with Crippen LogP contribution in [0.15, 0.2) is 18.3 Å². The Morgan fingerprint density at radius 1 is 1.56 bits per heavy atom. The summed E-state index contributed by atoms with van der Waals surface area (Å²) in [5.41, 5.74) is 0.260. The molecule has 0 bridgehead atoms. The van der Waals surface area contributed by atoms with Crippen molar-refractivity contribution in [3.05, 3.63) is 29.0 Å². The van der Waals surface area contributed by atoms with Crippen LogP contribution < -0.4 is 0 Å². The van der Waals surface area contributed by atoms with Crippen molar-refractivity contribution < 1.29 is 14.3 Å². The smallest absolute Gasteiger partial charge is 0.325 e. The predicted molar refractivity (Wildman–Crippen MR) is 58.2 cm³/mol. The molecule has 16 heavy (non-hydrogen) atoms. The molecule has 0 unspecified atom stereocenters. The highest BCUT2D eigenvalue weighted by Gasteiger charge is 2.17. The minimum atomic E-state index is -0.490. The topological polar surface area (TPSA) is 59.5 Å². The maximum absolute atomic E-state index is 11.8. The number of ether oxygens (including phenoxy) is 1. The molecule has 1 amide bonds. The molecule has 1 heterocycles. The first-order chi connectivity index (χ1) is 7.56. The molecule has 86 valence electrons. The zero-order chi connectivity index (χ0) is 12.1. The minimum Gasteiger partial charge on any atom is -0.468 e. The Morgan fingerprint density at radius 2 is 2.25 bits per heavy atom. The molecule has 0 saturated heterocycles. The van der Waals surface area contributed by atoms with Gasteiger partial charge in [-0.2, -0.15) is 0 Å². The summed E-state index contributed by atoms with van der Waals surface area (Å²) in [7, 11) is 2.75. The molecule has 0 saturated carbocycles. The molecule has 0 atom stereocenters. The van der Waals surface area contributed by atoms with Crippen molar-refractivity contribution in [3.8, 4) is 0 Å². The van der Waals surface area contributed by atoms with Gasteiger partial charge in [-0.05, 0) is 12.1 Å². The molecule has 5 nitrogen and oxygen atoms in total. The second-order valence-electron chi connectivity index (χ2n) is 3.08. The number of halogens is 1. The highest BCUT2D eigenvalue weighted by Crippen LogP contribution is 2.13. The molecule has 0 N–H and O–H groups in total. The molecule has 0 aliphatic carbocycles. The Bertz CT molecular complexity index is 409. The summed E-state index contributed by atoms with van der Waals surface area (Å²) >= 11 is 5.76. The number of amides is 1. The summed E-state index contributed by atoms with van der Waals surface area (Å²) in [4.78, 5) is 27.8. The Labute approximate surface area is 98.0 Å². The van der Waals surface area contributed by atoms with E-state index in [0.29, 0.717) is 0 Å². The number of methoxy groups -OCH3 is 1. The van der Waals surface area contributed by atoms with Crippen LogP contribution in [0.2, 0.25) is 5.15 Å². The third-order valence-electron chi connectivity index (χ3n) is 1.93. The summed E-state index contributed by atoms with van der Waals surface area (Å²) < 4.78 is 4.46. The van der Waals surface area contributed by atoms with E-state index in [2.05, 4.69) is 9.72 Å². The lowest BCUT2D eigenvalue weighted by Gasteiger charge is -2.15. The van der Waals surface area contributed by atoms with Crippen LogP contribution in [0.4, 0.5) is 0 Å². The Morgan fingerprint density at radius 3 is 2.81 bits per heavy atom. The molecule has 0 radical (unpaired) electrons. The van der Waals surface area contributed by atoms with Gasteiger partial charge < -0.3 is 9.64 Å². The van der Waals surface area contributed by atoms with E-state index in [1.807, 2.05) is 0 Å². The lowest BCUT2D eigenvalue weighted by Crippen LogP contribution is -2.32. The normalized spacial score (nSPS) is 9.69. The van der Waals surface area contributed by atoms with Gasteiger partial charge in [-0.15, -0.1) is 0 Å². The lowest BCUT2D eigenvalue weighted by atomic mass is 10.2. The standard InChI is InChI=1S/C10H11ClN2O3/c1-13(6-8(14)16-2)10(15)7-4-3-5-12-9(7)11/h3-5H,6H2,1-2H3. The molecular weight excluding hydrogens is 232 g/mol. The third-order valence-corrected chi connectivity index (χ3v) is 2.23. The first-order valence-corrected chi connectivity index (χ1v) is 4.87. The van der Waals surface area contributed by atoms with Gasteiger partial charge >= 0.3 is 5.97 Å². The fourth-order valence-electron chi connectivity index (χ4n) is 1.08. The maximum atomic E-state index is 11.8. The van der Waals surface area contributed by atoms with Crippen molar-refractivity contribution >= 4 is 23.5 Å². The molecule has 0 aliphatic rings. The van der Waals surface area contributed by atoms with Crippen molar-refractivity contribution in [2.75, 3.05) is 20.7 Å². The highest BCUT2D eigenvalue weighted by molar-refractivity contribution is 6.32. The molecule has 1 rings (SSSR count). The van der Waals surface area contributed by atoms with E-state index < -0.39 is 5.97 Å². The predicted octanol–water partition coefficient (Wildman–Crippen LogP) is 0.980. The Balaban J connectivity index is 2.79. The van der Waals surface area contributed by atoms with Crippen LogP contribution in [0.5, 0.6) is 0 Å². The van der Waals surface area contributed by atoms with Gasteiger partial charge in [-0.1, -0.05) is 11.6 Å². The quantitative estimate of drug-likeness (QED) is 0.586. The number of aromatic nitrogens is 1. The van der Waals surface area contributed by atoms with E-state index in [9.17, 15) is 9.59 Å². The summed E-state index contributed by atoms with van der Waals surface area (Å²) in [6.45, 7) is -0.124. The van der Waals surface area contributed by atoms with Gasteiger partial charge in [-0.3, -0.25) is 9.59 Å². The number of likely N-dealkylation sites (N-methyl/N-ethyl adjacent to an activating group) is 1. The summed E-state index contributed by atoms with van der Waals surface area (Å²) in [6, 6.07) is 3.15. The third kappa shape index (κ3) is 2.93. The van der Waals surface area contributed by atoms with Crippen molar-refractivity contribution in [3.63, 3.8) is 0 Å². The van der Waals surface area contributed by atoms with E-state index >= 15 is 0 Å². The monoisotopic (exact) mass is 242 g/mol. The Hall–Kier alpha value is -1.62. The van der Waals surface area contributed by atoms with Gasteiger partial charge in [0, 0.05) is 13.2 Å². The average molecular weight is 243 g/mol. The zero-order valence-electron chi connectivity index (χ0n) is 8.94. The first kappa shape index (κ1) is 12.4. The first-order valence-electron chi connectivity index (χ1n) is 4.49. The van der Waals surface area contributed by atoms with Gasteiger partial charge in [0.2, 0.25) is 0 Å². The molecule has 0 aliphatic heterocycles. The van der Waals surface area contributed by atoms with Crippen LogP contribution in [0.3, 0.4) is 0 Å². The second-order valence-corrected chi connectivity index (χ2v) is 3.44. The number of carbonyl (C=O) groups excluding carboxylic acids is 2. The largest absolute Gasteiger partial charge is 0.468 e. The number of carbonyl (C=O) groups is 2. The van der Waals surface area contributed by atoms with E-state index in [4.69, 9.17) is 11.6 Å². The maximum Gasteiger partial charge on any atom is 0.325 e. The van der Waals surface area contributed by atoms with E-state index in [1.54, 1.807) is 12.1 Å². The highest BCUT2D eigenvalue weighted by atomic mass is 35.5. The van der Waals surface area contributed by atoms with Gasteiger partial charge in [-0.25, -0.2) is 4.98 Å². The molecule has 0 spiro atoms. The fourth-order valence-corrected chi connectivity index (χ4v) is 1.28. The second kappa shape index (κ2) is 5.46. The number of hydrogen-bond acceptors (Lipinski definition) is 4. The van der Waals surface area contributed by atoms with Crippen molar-refractivity contribution in [2.24, 2.45) is 0 Å². The number of pyridine rings is 1. The van der Waals surface area contributed by atoms with Crippen LogP contribution in [0.1, 0.15) is 10.4 Å². The van der Waals surface area contributed by atoms with Crippen LogP contribution >= 0.6 is 11.6 Å². The summed E-state index contributed by atoms with van der Waals surface area (Å²) in [5.74, 6) is -0.862. The van der Waals surface area contributed by atoms with Gasteiger partial charge in [0.25, 0.3) is 5.91 Å². The van der Waals surface area contributed by atoms with E-state index in [1.165, 1.54) is 25.3 Å². The number of esters is 1. The van der Waals surface area contributed by atoms with Crippen molar-refractivity contribution in [1.29, 1.82) is 0 Å². The summed E-state index contributed by atoms with van der Waals surface area (Å²) in [6.07, 6.45) is 1.49. The van der Waals surface area contributed by atoms with Gasteiger partial charge in [0.05, 0.1) is 12.7 Å². The molecule has 1 aromatic heterocycles. The van der Waals surface area contributed by atoms with Gasteiger partial charge in [0.15, 0.2) is 0 Å². The minimum absolute atomic E-state index is 0.115. The fraction of sp³-hybridized carbons (Fsp3) is 0.300. The molecule has 0 aromatic carbocycles. The number of rotatable bonds is 3. The van der Waals surface area contributed by atoms with Crippen LogP contribution in [-0.2, 0) is 9.53 Å². The van der Waals surface area contributed by atoms with Crippen molar-refractivity contribution in [1.82, 2.24) is 9.88 Å². The molecule has 0 fully saturated rings. The van der Waals surface area contributed by atoms with E-state index in [-0.39, 0.29) is 23.2 Å². The SMILES string of the molecule is COC(=O)CN(C)C(=O)c1cccnc1Cl. The molecular formula is C10H11ClN2O3. The van der Waals surface area contributed by atoms with Crippen LogP contribution in [-0.4, -0.2) is 42.5 Å². The summed E-state index contributed by atoms with van der Waals surface area (Å²) in [5, 5.41) is 0.115. The van der Waals surface area contributed by atoms with Crippen LogP contribution in [0, 0.1) is 0 Å². The molecule has 6 heteroatoms.